The Balaban J connectivity index is 1.88. The molecule has 2 unspecified atom stereocenters. The van der Waals surface area contributed by atoms with Gasteiger partial charge in [0.2, 0.25) is 10.0 Å². The fourth-order valence-electron chi connectivity index (χ4n) is 2.98. The van der Waals surface area contributed by atoms with Crippen LogP contribution in [0.3, 0.4) is 0 Å². The van der Waals surface area contributed by atoms with Crippen LogP contribution in [0.15, 0.2) is 0 Å². The molecule has 1 heterocycles. The number of hydrogen-bond acceptors (Lipinski definition) is 3. The molecule has 0 aromatic rings. The second kappa shape index (κ2) is 5.02. The number of nitrogens with two attached hydrogens (primary N) is 1. The van der Waals surface area contributed by atoms with E-state index in [0.29, 0.717) is 24.8 Å². The molecule has 0 radical (unpaired) electrons. The number of fused-ring (bicyclic) bond motifs is 1. The number of rotatable bonds is 5. The van der Waals surface area contributed by atoms with Crippen LogP contribution in [0, 0.1) is 11.8 Å². The molecule has 0 aromatic carbocycles. The molecule has 0 aromatic heterocycles. The van der Waals surface area contributed by atoms with Gasteiger partial charge in [0.05, 0.1) is 5.75 Å². The molecule has 94 valence electrons. The van der Waals surface area contributed by atoms with E-state index in [9.17, 15) is 8.42 Å². The average molecular weight is 246 g/mol. The third-order valence-electron chi connectivity index (χ3n) is 3.94. The normalized spacial score (nSPS) is 30.8. The van der Waals surface area contributed by atoms with E-state index >= 15 is 0 Å². The Morgan fingerprint density at radius 3 is 2.31 bits per heavy atom. The van der Waals surface area contributed by atoms with Crippen molar-refractivity contribution in [3.63, 3.8) is 0 Å². The molecule has 2 N–H and O–H groups in total. The van der Waals surface area contributed by atoms with E-state index in [1.54, 1.807) is 4.31 Å². The summed E-state index contributed by atoms with van der Waals surface area (Å²) in [6, 6.07) is 0. The van der Waals surface area contributed by atoms with Crippen LogP contribution in [0.25, 0.3) is 0 Å². The molecule has 1 aliphatic heterocycles. The van der Waals surface area contributed by atoms with Gasteiger partial charge >= 0.3 is 0 Å². The SMILES string of the molecule is NCCCCS(=O)(=O)N1CC2CCCC2C1. The molecule has 0 bridgehead atoms. The molecule has 4 nitrogen and oxygen atoms in total. The predicted octanol–water partition coefficient (Wildman–Crippen LogP) is 0.787. The van der Waals surface area contributed by atoms with Gasteiger partial charge in [-0.15, -0.1) is 0 Å². The molecule has 1 saturated carbocycles. The van der Waals surface area contributed by atoms with E-state index < -0.39 is 10.0 Å². The lowest BCUT2D eigenvalue weighted by Crippen LogP contribution is -2.31. The van der Waals surface area contributed by atoms with E-state index in [-0.39, 0.29) is 5.75 Å². The summed E-state index contributed by atoms with van der Waals surface area (Å²) in [6.07, 6.45) is 5.24. The number of sulfonamides is 1. The smallest absolute Gasteiger partial charge is 0.214 e. The van der Waals surface area contributed by atoms with Crippen LogP contribution in [0.5, 0.6) is 0 Å². The average Bonchev–Trinajstić information content (AvgIpc) is 2.76. The van der Waals surface area contributed by atoms with Crippen molar-refractivity contribution < 1.29 is 8.42 Å². The summed E-state index contributed by atoms with van der Waals surface area (Å²) in [6.45, 7) is 2.13. The van der Waals surface area contributed by atoms with Gasteiger partial charge in [-0.05, 0) is 44.1 Å². The highest BCUT2D eigenvalue weighted by Crippen LogP contribution is 2.38. The van der Waals surface area contributed by atoms with Crippen LogP contribution in [-0.4, -0.2) is 38.1 Å². The monoisotopic (exact) mass is 246 g/mol. The van der Waals surface area contributed by atoms with Gasteiger partial charge in [-0.3, -0.25) is 0 Å². The minimum atomic E-state index is -3.00. The van der Waals surface area contributed by atoms with Crippen molar-refractivity contribution in [2.24, 2.45) is 17.6 Å². The Labute approximate surface area is 98.2 Å². The van der Waals surface area contributed by atoms with Crippen molar-refractivity contribution in [2.45, 2.75) is 32.1 Å². The lowest BCUT2D eigenvalue weighted by molar-refractivity contribution is 0.444. The fourth-order valence-corrected chi connectivity index (χ4v) is 4.64. The number of hydrogen-bond donors (Lipinski definition) is 1. The largest absolute Gasteiger partial charge is 0.330 e. The zero-order valence-corrected chi connectivity index (χ0v) is 10.6. The lowest BCUT2D eigenvalue weighted by Gasteiger charge is -2.16. The standard InChI is InChI=1S/C11H22N2O2S/c12-6-1-2-7-16(14,15)13-8-10-4-3-5-11(10)9-13/h10-11H,1-9,12H2. The van der Waals surface area contributed by atoms with Gasteiger partial charge in [-0.25, -0.2) is 12.7 Å². The Morgan fingerprint density at radius 2 is 1.75 bits per heavy atom. The molecule has 16 heavy (non-hydrogen) atoms. The Kier molecular flexibility index (Phi) is 3.87. The third kappa shape index (κ3) is 2.57. The van der Waals surface area contributed by atoms with Crippen molar-refractivity contribution >= 4 is 10.0 Å². The topological polar surface area (TPSA) is 63.4 Å². The zero-order chi connectivity index (χ0) is 11.6. The number of unbranched alkanes of at least 4 members (excludes halogenated alkanes) is 1. The maximum absolute atomic E-state index is 12.0. The second-order valence-corrected chi connectivity index (χ2v) is 7.17. The molecule has 2 fully saturated rings. The molecule has 2 rings (SSSR count). The van der Waals surface area contributed by atoms with Gasteiger partial charge < -0.3 is 5.73 Å². The molecule has 0 amide bonds. The summed E-state index contributed by atoms with van der Waals surface area (Å²) in [7, 11) is -3.00. The first-order valence-electron chi connectivity index (χ1n) is 6.31. The van der Waals surface area contributed by atoms with Crippen molar-refractivity contribution in [3.8, 4) is 0 Å². The molecular weight excluding hydrogens is 224 g/mol. The highest BCUT2D eigenvalue weighted by atomic mass is 32.2. The summed E-state index contributed by atoms with van der Waals surface area (Å²) in [5.74, 6) is 1.57. The van der Waals surface area contributed by atoms with Gasteiger partial charge in [0.15, 0.2) is 0 Å². The van der Waals surface area contributed by atoms with Crippen LogP contribution < -0.4 is 5.73 Å². The molecule has 5 heteroatoms. The maximum Gasteiger partial charge on any atom is 0.214 e. The van der Waals surface area contributed by atoms with Gasteiger partial charge in [0.1, 0.15) is 0 Å². The minimum absolute atomic E-state index is 0.281. The second-order valence-electron chi connectivity index (χ2n) is 5.08. The first-order chi connectivity index (χ1) is 7.63. The zero-order valence-electron chi connectivity index (χ0n) is 9.77. The lowest BCUT2D eigenvalue weighted by atomic mass is 10.0. The molecule has 0 spiro atoms. The van der Waals surface area contributed by atoms with E-state index in [1.807, 2.05) is 0 Å². The summed E-state index contributed by atoms with van der Waals surface area (Å²) < 4.78 is 25.8. The van der Waals surface area contributed by atoms with Crippen LogP contribution in [0.4, 0.5) is 0 Å². The summed E-state index contributed by atoms with van der Waals surface area (Å²) in [5, 5.41) is 0. The number of nitrogens with zero attached hydrogens (tertiary/aromatic N) is 1. The maximum atomic E-state index is 12.0. The van der Waals surface area contributed by atoms with Crippen LogP contribution in [-0.2, 0) is 10.0 Å². The highest BCUT2D eigenvalue weighted by Gasteiger charge is 2.40. The van der Waals surface area contributed by atoms with Gasteiger partial charge in [0, 0.05) is 13.1 Å². The molecule has 1 aliphatic carbocycles. The Morgan fingerprint density at radius 1 is 1.12 bits per heavy atom. The molecule has 2 atom stereocenters. The van der Waals surface area contributed by atoms with Crippen molar-refractivity contribution in [1.82, 2.24) is 4.31 Å². The van der Waals surface area contributed by atoms with Crippen molar-refractivity contribution in [2.75, 3.05) is 25.4 Å². The van der Waals surface area contributed by atoms with Crippen molar-refractivity contribution in [3.05, 3.63) is 0 Å². The Hall–Kier alpha value is -0.130. The Bertz CT molecular complexity index is 317. The highest BCUT2D eigenvalue weighted by molar-refractivity contribution is 7.89. The van der Waals surface area contributed by atoms with Crippen molar-refractivity contribution in [1.29, 1.82) is 0 Å². The first-order valence-corrected chi connectivity index (χ1v) is 7.92. The third-order valence-corrected chi connectivity index (χ3v) is 5.83. The first kappa shape index (κ1) is 12.3. The van der Waals surface area contributed by atoms with E-state index in [4.69, 9.17) is 5.73 Å². The molecule has 2 aliphatic rings. The predicted molar refractivity (Wildman–Crippen MR) is 64.5 cm³/mol. The molecule has 1 saturated heterocycles. The van der Waals surface area contributed by atoms with Gasteiger partial charge in [-0.2, -0.15) is 0 Å². The molecular formula is C11H22N2O2S. The summed E-state index contributed by atoms with van der Waals surface area (Å²) >= 11 is 0. The fraction of sp³-hybridized carbons (Fsp3) is 1.00. The van der Waals surface area contributed by atoms with Crippen LogP contribution in [0.2, 0.25) is 0 Å². The quantitative estimate of drug-likeness (QED) is 0.729. The summed E-state index contributed by atoms with van der Waals surface area (Å²) in [4.78, 5) is 0. The van der Waals surface area contributed by atoms with Gasteiger partial charge in [0.25, 0.3) is 0 Å². The van der Waals surface area contributed by atoms with E-state index in [1.165, 1.54) is 19.3 Å². The summed E-state index contributed by atoms with van der Waals surface area (Å²) in [5.41, 5.74) is 5.38. The van der Waals surface area contributed by atoms with Crippen LogP contribution in [0.1, 0.15) is 32.1 Å². The van der Waals surface area contributed by atoms with Gasteiger partial charge in [-0.1, -0.05) is 6.42 Å². The van der Waals surface area contributed by atoms with E-state index in [0.717, 1.165) is 19.5 Å². The minimum Gasteiger partial charge on any atom is -0.330 e. The van der Waals surface area contributed by atoms with Crippen LogP contribution >= 0.6 is 0 Å². The van der Waals surface area contributed by atoms with E-state index in [2.05, 4.69) is 0 Å².